The molecule has 2 rings (SSSR count). The zero-order valence-electron chi connectivity index (χ0n) is 18.5. The van der Waals surface area contributed by atoms with Gasteiger partial charge in [-0.05, 0) is 48.6 Å². The van der Waals surface area contributed by atoms with Crippen molar-refractivity contribution in [3.8, 4) is 5.75 Å². The quantitative estimate of drug-likeness (QED) is 0.521. The molecule has 0 saturated carbocycles. The molecule has 2 aromatic rings. The summed E-state index contributed by atoms with van der Waals surface area (Å²) in [6.45, 7) is 8.58. The lowest BCUT2D eigenvalue weighted by Crippen LogP contribution is -2.50. The topological polar surface area (TPSA) is 58.6 Å². The lowest BCUT2D eigenvalue weighted by atomic mass is 10.1. The second kappa shape index (κ2) is 12.0. The first-order valence-electron chi connectivity index (χ1n) is 10.4. The molecule has 0 aliphatic rings. The second-order valence-electron chi connectivity index (χ2n) is 7.87. The molecule has 1 N–H and O–H groups in total. The van der Waals surface area contributed by atoms with Crippen molar-refractivity contribution >= 4 is 35.0 Å². The third kappa shape index (κ3) is 7.44. The number of nitrogens with zero attached hydrogens (tertiary/aromatic N) is 1. The standard InChI is InChI=1S/C24H30Cl2N2O3/c1-5-21(24(30)27-13-16(2)3)28(14-18-9-7-6-8-17(18)4)23(29)15-31-22-11-10-19(25)12-20(22)26/h6-12,16,21H,5,13-15H2,1-4H3,(H,27,30)/t21-/m1/s1. The number of ether oxygens (including phenoxy) is 1. The molecule has 0 aromatic heterocycles. The molecule has 0 bridgehead atoms. The molecule has 2 amide bonds. The Morgan fingerprint density at radius 2 is 1.84 bits per heavy atom. The zero-order chi connectivity index (χ0) is 23.0. The molecule has 0 heterocycles. The first kappa shape index (κ1) is 25.0. The number of rotatable bonds is 10. The summed E-state index contributed by atoms with van der Waals surface area (Å²) in [6.07, 6.45) is 0.489. The molecular formula is C24H30Cl2N2O3. The van der Waals surface area contributed by atoms with Gasteiger partial charge in [0.25, 0.3) is 5.91 Å². The van der Waals surface area contributed by atoms with E-state index in [0.717, 1.165) is 11.1 Å². The van der Waals surface area contributed by atoms with Crippen LogP contribution in [0.25, 0.3) is 0 Å². The highest BCUT2D eigenvalue weighted by Gasteiger charge is 2.29. The van der Waals surface area contributed by atoms with Crippen molar-refractivity contribution < 1.29 is 14.3 Å². The van der Waals surface area contributed by atoms with Crippen LogP contribution in [0.2, 0.25) is 10.0 Å². The summed E-state index contributed by atoms with van der Waals surface area (Å²) in [6, 6.07) is 12.0. The maximum atomic E-state index is 13.2. The summed E-state index contributed by atoms with van der Waals surface area (Å²) >= 11 is 12.1. The van der Waals surface area contributed by atoms with Crippen molar-refractivity contribution in [3.05, 3.63) is 63.6 Å². The Balaban J connectivity index is 2.23. The van der Waals surface area contributed by atoms with Gasteiger partial charge >= 0.3 is 0 Å². The molecule has 2 aromatic carbocycles. The summed E-state index contributed by atoms with van der Waals surface area (Å²) in [5.41, 5.74) is 2.04. The van der Waals surface area contributed by atoms with E-state index in [4.69, 9.17) is 27.9 Å². The highest BCUT2D eigenvalue weighted by Crippen LogP contribution is 2.27. The van der Waals surface area contributed by atoms with E-state index in [-0.39, 0.29) is 18.4 Å². The van der Waals surface area contributed by atoms with E-state index >= 15 is 0 Å². The minimum Gasteiger partial charge on any atom is -0.482 e. The summed E-state index contributed by atoms with van der Waals surface area (Å²) in [4.78, 5) is 27.7. The van der Waals surface area contributed by atoms with Crippen molar-refractivity contribution in [2.45, 2.75) is 46.7 Å². The van der Waals surface area contributed by atoms with Gasteiger partial charge in [0.05, 0.1) is 5.02 Å². The van der Waals surface area contributed by atoms with Gasteiger partial charge in [0.2, 0.25) is 5.91 Å². The maximum absolute atomic E-state index is 13.2. The van der Waals surface area contributed by atoms with Crippen LogP contribution in [0.1, 0.15) is 38.3 Å². The highest BCUT2D eigenvalue weighted by atomic mass is 35.5. The smallest absolute Gasteiger partial charge is 0.261 e. The second-order valence-corrected chi connectivity index (χ2v) is 8.72. The lowest BCUT2D eigenvalue weighted by molar-refractivity contribution is -0.143. The van der Waals surface area contributed by atoms with Gasteiger partial charge in [-0.2, -0.15) is 0 Å². The molecule has 7 heteroatoms. The number of hydrogen-bond acceptors (Lipinski definition) is 3. The predicted octanol–water partition coefficient (Wildman–Crippen LogP) is 5.26. The molecule has 0 fully saturated rings. The van der Waals surface area contributed by atoms with Crippen LogP contribution >= 0.6 is 23.2 Å². The van der Waals surface area contributed by atoms with E-state index in [1.807, 2.05) is 52.0 Å². The number of benzene rings is 2. The van der Waals surface area contributed by atoms with Crippen LogP contribution in [-0.2, 0) is 16.1 Å². The Labute approximate surface area is 194 Å². The van der Waals surface area contributed by atoms with E-state index in [1.165, 1.54) is 0 Å². The number of amides is 2. The van der Waals surface area contributed by atoms with Crippen LogP contribution in [0.4, 0.5) is 0 Å². The minimum absolute atomic E-state index is 0.164. The third-order valence-electron chi connectivity index (χ3n) is 4.92. The van der Waals surface area contributed by atoms with Gasteiger partial charge in [0.1, 0.15) is 11.8 Å². The van der Waals surface area contributed by atoms with Gasteiger partial charge in [0, 0.05) is 18.1 Å². The molecule has 0 radical (unpaired) electrons. The Kier molecular flexibility index (Phi) is 9.66. The van der Waals surface area contributed by atoms with Crippen molar-refractivity contribution in [1.82, 2.24) is 10.2 Å². The lowest BCUT2D eigenvalue weighted by Gasteiger charge is -2.31. The minimum atomic E-state index is -0.602. The fourth-order valence-electron chi connectivity index (χ4n) is 3.13. The molecule has 0 aliphatic heterocycles. The third-order valence-corrected chi connectivity index (χ3v) is 5.45. The fraction of sp³-hybridized carbons (Fsp3) is 0.417. The van der Waals surface area contributed by atoms with Gasteiger partial charge in [0.15, 0.2) is 6.61 Å². The van der Waals surface area contributed by atoms with E-state index in [1.54, 1.807) is 23.1 Å². The van der Waals surface area contributed by atoms with Crippen LogP contribution in [0, 0.1) is 12.8 Å². The number of nitrogens with one attached hydrogen (secondary N) is 1. The average Bonchev–Trinajstić information content (AvgIpc) is 2.72. The van der Waals surface area contributed by atoms with Crippen molar-refractivity contribution in [2.75, 3.05) is 13.2 Å². The number of aryl methyl sites for hydroxylation is 1. The molecule has 168 valence electrons. The molecule has 31 heavy (non-hydrogen) atoms. The number of carbonyl (C=O) groups excluding carboxylic acids is 2. The van der Waals surface area contributed by atoms with E-state index < -0.39 is 6.04 Å². The summed E-state index contributed by atoms with van der Waals surface area (Å²) in [5, 5.41) is 3.76. The van der Waals surface area contributed by atoms with Gasteiger partial charge in [-0.15, -0.1) is 0 Å². The fourth-order valence-corrected chi connectivity index (χ4v) is 3.59. The monoisotopic (exact) mass is 464 g/mol. The van der Waals surface area contributed by atoms with Crippen LogP contribution in [0.5, 0.6) is 5.75 Å². The van der Waals surface area contributed by atoms with Crippen molar-refractivity contribution in [1.29, 1.82) is 0 Å². The SMILES string of the molecule is CC[C@H](C(=O)NCC(C)C)N(Cc1ccccc1C)C(=O)COc1ccc(Cl)cc1Cl. The van der Waals surface area contributed by atoms with Crippen molar-refractivity contribution in [3.63, 3.8) is 0 Å². The largest absolute Gasteiger partial charge is 0.482 e. The predicted molar refractivity (Wildman–Crippen MR) is 126 cm³/mol. The van der Waals surface area contributed by atoms with Gasteiger partial charge < -0.3 is 15.0 Å². The normalized spacial score (nSPS) is 11.8. The summed E-state index contributed by atoms with van der Waals surface area (Å²) in [7, 11) is 0. The van der Waals surface area contributed by atoms with Crippen molar-refractivity contribution in [2.24, 2.45) is 5.92 Å². The summed E-state index contributed by atoms with van der Waals surface area (Å²) in [5.74, 6) is 0.230. The van der Waals surface area contributed by atoms with Gasteiger partial charge in [-0.3, -0.25) is 9.59 Å². The molecule has 1 atom stereocenters. The Morgan fingerprint density at radius 1 is 1.13 bits per heavy atom. The number of halogens is 2. The molecule has 0 spiro atoms. The maximum Gasteiger partial charge on any atom is 0.261 e. The van der Waals surface area contributed by atoms with Crippen LogP contribution in [0.15, 0.2) is 42.5 Å². The molecule has 0 aliphatic carbocycles. The van der Waals surface area contributed by atoms with E-state index in [0.29, 0.717) is 41.2 Å². The van der Waals surface area contributed by atoms with E-state index in [9.17, 15) is 9.59 Å². The Morgan fingerprint density at radius 3 is 2.45 bits per heavy atom. The number of carbonyl (C=O) groups is 2. The van der Waals surface area contributed by atoms with E-state index in [2.05, 4.69) is 5.32 Å². The Bertz CT molecular complexity index is 902. The molecular weight excluding hydrogens is 435 g/mol. The van der Waals surface area contributed by atoms with Gasteiger partial charge in [-0.1, -0.05) is 68.2 Å². The zero-order valence-corrected chi connectivity index (χ0v) is 20.0. The molecule has 0 saturated heterocycles. The van der Waals surface area contributed by atoms with Gasteiger partial charge in [-0.25, -0.2) is 0 Å². The van der Waals surface area contributed by atoms with Crippen LogP contribution < -0.4 is 10.1 Å². The first-order valence-corrected chi connectivity index (χ1v) is 11.2. The molecule has 5 nitrogen and oxygen atoms in total. The average molecular weight is 465 g/mol. The number of hydrogen-bond donors (Lipinski definition) is 1. The Hall–Kier alpha value is -2.24. The van der Waals surface area contributed by atoms with Crippen LogP contribution in [0.3, 0.4) is 0 Å². The highest BCUT2D eigenvalue weighted by molar-refractivity contribution is 6.35. The molecule has 0 unspecified atom stereocenters. The summed E-state index contributed by atoms with van der Waals surface area (Å²) < 4.78 is 5.66. The first-order chi connectivity index (χ1) is 14.7. The van der Waals surface area contributed by atoms with Crippen LogP contribution in [-0.4, -0.2) is 35.9 Å².